The van der Waals surface area contributed by atoms with E-state index in [2.05, 4.69) is 9.97 Å². The Morgan fingerprint density at radius 2 is 2.05 bits per heavy atom. The molecule has 0 saturated carbocycles. The highest BCUT2D eigenvalue weighted by Crippen LogP contribution is 2.16. The summed E-state index contributed by atoms with van der Waals surface area (Å²) < 4.78 is 0. The summed E-state index contributed by atoms with van der Waals surface area (Å²) in [4.78, 5) is 21.7. The number of carbonyl (C=O) groups excluding carboxylic acids is 1. The van der Waals surface area contributed by atoms with Crippen LogP contribution in [0.1, 0.15) is 0 Å². The van der Waals surface area contributed by atoms with Crippen LogP contribution >= 0.6 is 11.8 Å². The van der Waals surface area contributed by atoms with Crippen LogP contribution in [0, 0.1) is 0 Å². The topological polar surface area (TPSA) is 72.1 Å². The Morgan fingerprint density at radius 3 is 2.74 bits per heavy atom. The lowest BCUT2D eigenvalue weighted by molar-refractivity contribution is -0.115. The lowest BCUT2D eigenvalue weighted by Gasteiger charge is -2.16. The number of amides is 1. The number of thioether (sulfide) groups is 1. The fraction of sp³-hybridized carbons (Fsp3) is 0.154. The maximum absolute atomic E-state index is 12.0. The monoisotopic (exact) mass is 274 g/mol. The maximum Gasteiger partial charge on any atom is 0.237 e. The molecular formula is C13H14N4OS. The van der Waals surface area contributed by atoms with Crippen molar-refractivity contribution in [2.75, 3.05) is 23.4 Å². The number of anilines is 2. The highest BCUT2D eigenvalue weighted by Gasteiger charge is 2.11. The van der Waals surface area contributed by atoms with E-state index in [1.807, 2.05) is 30.3 Å². The van der Waals surface area contributed by atoms with E-state index in [9.17, 15) is 4.79 Å². The van der Waals surface area contributed by atoms with Crippen molar-refractivity contribution in [2.24, 2.45) is 0 Å². The summed E-state index contributed by atoms with van der Waals surface area (Å²) in [5.41, 5.74) is 6.42. The average molecular weight is 274 g/mol. The second kappa shape index (κ2) is 6.19. The summed E-state index contributed by atoms with van der Waals surface area (Å²) in [5, 5.41) is 0.509. The summed E-state index contributed by atoms with van der Waals surface area (Å²) in [6.07, 6.45) is 1.58. The maximum atomic E-state index is 12.0. The minimum absolute atomic E-state index is 0.0118. The second-order valence-electron chi connectivity index (χ2n) is 3.84. The molecule has 6 heteroatoms. The van der Waals surface area contributed by atoms with Crippen molar-refractivity contribution in [3.05, 3.63) is 42.6 Å². The molecule has 0 aliphatic carbocycles. The smallest absolute Gasteiger partial charge is 0.237 e. The number of nitrogens with zero attached hydrogens (tertiary/aromatic N) is 3. The Morgan fingerprint density at radius 1 is 1.32 bits per heavy atom. The first-order valence-electron chi connectivity index (χ1n) is 5.70. The van der Waals surface area contributed by atoms with E-state index >= 15 is 0 Å². The summed E-state index contributed by atoms with van der Waals surface area (Å²) >= 11 is 1.27. The van der Waals surface area contributed by atoms with E-state index in [4.69, 9.17) is 5.73 Å². The fourth-order valence-electron chi connectivity index (χ4n) is 1.44. The average Bonchev–Trinajstić information content (AvgIpc) is 2.45. The number of carbonyl (C=O) groups is 1. The second-order valence-corrected chi connectivity index (χ2v) is 4.78. The Kier molecular flexibility index (Phi) is 4.35. The van der Waals surface area contributed by atoms with Gasteiger partial charge in [0.1, 0.15) is 5.82 Å². The van der Waals surface area contributed by atoms with E-state index in [-0.39, 0.29) is 11.7 Å². The number of para-hydroxylation sites is 1. The first kappa shape index (κ1) is 13.4. The van der Waals surface area contributed by atoms with Gasteiger partial charge < -0.3 is 10.6 Å². The van der Waals surface area contributed by atoms with Gasteiger partial charge in [0.2, 0.25) is 5.91 Å². The SMILES string of the molecule is CN(C(=O)CSc1nccc(N)n1)c1ccccc1. The van der Waals surface area contributed by atoms with Gasteiger partial charge in [-0.25, -0.2) is 9.97 Å². The zero-order valence-corrected chi connectivity index (χ0v) is 11.3. The number of nitrogens with two attached hydrogens (primary N) is 1. The normalized spacial score (nSPS) is 10.2. The molecule has 0 bridgehead atoms. The van der Waals surface area contributed by atoms with Crippen LogP contribution < -0.4 is 10.6 Å². The van der Waals surface area contributed by atoms with Gasteiger partial charge in [0.15, 0.2) is 5.16 Å². The van der Waals surface area contributed by atoms with Crippen molar-refractivity contribution < 1.29 is 4.79 Å². The number of nitrogen functional groups attached to an aromatic ring is 1. The van der Waals surface area contributed by atoms with Crippen LogP contribution in [0.4, 0.5) is 11.5 Å². The molecule has 0 atom stereocenters. The zero-order valence-electron chi connectivity index (χ0n) is 10.5. The third-order valence-electron chi connectivity index (χ3n) is 2.50. The van der Waals surface area contributed by atoms with Crippen LogP contribution in [-0.2, 0) is 4.79 Å². The van der Waals surface area contributed by atoms with Gasteiger partial charge in [0.25, 0.3) is 0 Å². The number of hydrogen-bond acceptors (Lipinski definition) is 5. The number of hydrogen-bond donors (Lipinski definition) is 1. The number of aromatic nitrogens is 2. The number of rotatable bonds is 4. The third-order valence-corrected chi connectivity index (χ3v) is 3.34. The van der Waals surface area contributed by atoms with Crippen molar-refractivity contribution in [3.63, 3.8) is 0 Å². The Hall–Kier alpha value is -2.08. The molecule has 0 aliphatic rings. The first-order chi connectivity index (χ1) is 9.16. The largest absolute Gasteiger partial charge is 0.384 e. The summed E-state index contributed by atoms with van der Waals surface area (Å²) in [6, 6.07) is 11.1. The van der Waals surface area contributed by atoms with Crippen LogP contribution in [0.5, 0.6) is 0 Å². The van der Waals surface area contributed by atoms with Gasteiger partial charge in [-0.3, -0.25) is 4.79 Å². The minimum Gasteiger partial charge on any atom is -0.384 e. The molecule has 0 aliphatic heterocycles. The first-order valence-corrected chi connectivity index (χ1v) is 6.68. The molecule has 2 aromatic rings. The molecule has 0 saturated heterocycles. The predicted octanol–water partition coefficient (Wildman–Crippen LogP) is 1.81. The molecule has 0 unspecified atom stereocenters. The molecule has 0 radical (unpaired) electrons. The van der Waals surface area contributed by atoms with Gasteiger partial charge in [-0.15, -0.1) is 0 Å². The highest BCUT2D eigenvalue weighted by atomic mass is 32.2. The third kappa shape index (κ3) is 3.69. The molecule has 1 aromatic carbocycles. The van der Waals surface area contributed by atoms with Crippen LogP contribution in [0.15, 0.2) is 47.8 Å². The van der Waals surface area contributed by atoms with Crippen molar-refractivity contribution >= 4 is 29.2 Å². The van der Waals surface area contributed by atoms with Gasteiger partial charge >= 0.3 is 0 Å². The van der Waals surface area contributed by atoms with Crippen molar-refractivity contribution in [3.8, 4) is 0 Å². The van der Waals surface area contributed by atoms with E-state index < -0.39 is 0 Å². The molecule has 1 aromatic heterocycles. The van der Waals surface area contributed by atoms with Gasteiger partial charge in [-0.1, -0.05) is 30.0 Å². The van der Waals surface area contributed by atoms with Crippen molar-refractivity contribution in [2.45, 2.75) is 5.16 Å². The Balaban J connectivity index is 1.95. The Bertz CT molecular complexity index is 562. The number of benzene rings is 1. The molecule has 2 rings (SSSR count). The lowest BCUT2D eigenvalue weighted by Crippen LogP contribution is -2.27. The van der Waals surface area contributed by atoms with Crippen molar-refractivity contribution in [1.82, 2.24) is 9.97 Å². The minimum atomic E-state index is -0.0118. The fourth-order valence-corrected chi connectivity index (χ4v) is 2.19. The zero-order chi connectivity index (χ0) is 13.7. The molecule has 2 N–H and O–H groups in total. The Labute approximate surface area is 115 Å². The summed E-state index contributed by atoms with van der Waals surface area (Å²) in [7, 11) is 1.75. The molecule has 19 heavy (non-hydrogen) atoms. The predicted molar refractivity (Wildman–Crippen MR) is 77.0 cm³/mol. The van der Waals surface area contributed by atoms with E-state index in [0.717, 1.165) is 5.69 Å². The van der Waals surface area contributed by atoms with Gasteiger partial charge in [-0.2, -0.15) is 0 Å². The highest BCUT2D eigenvalue weighted by molar-refractivity contribution is 7.99. The van der Waals surface area contributed by atoms with E-state index in [1.54, 1.807) is 24.2 Å². The van der Waals surface area contributed by atoms with E-state index in [1.165, 1.54) is 11.8 Å². The van der Waals surface area contributed by atoms with Crippen molar-refractivity contribution in [1.29, 1.82) is 0 Å². The van der Waals surface area contributed by atoms with Gasteiger partial charge in [-0.05, 0) is 18.2 Å². The van der Waals surface area contributed by atoms with Crippen LogP contribution in [0.2, 0.25) is 0 Å². The molecule has 1 amide bonds. The molecule has 0 fully saturated rings. The standard InChI is InChI=1S/C13H14N4OS/c1-17(10-5-3-2-4-6-10)12(18)9-19-13-15-8-7-11(14)16-13/h2-8H,9H2,1H3,(H2,14,15,16). The van der Waals surface area contributed by atoms with Crippen LogP contribution in [0.3, 0.4) is 0 Å². The molecule has 5 nitrogen and oxygen atoms in total. The molecule has 0 spiro atoms. The van der Waals surface area contributed by atoms with Crippen LogP contribution in [-0.4, -0.2) is 28.7 Å². The molecular weight excluding hydrogens is 260 g/mol. The summed E-state index contributed by atoms with van der Waals surface area (Å²) in [6.45, 7) is 0. The quantitative estimate of drug-likeness (QED) is 0.680. The lowest BCUT2D eigenvalue weighted by atomic mass is 10.3. The summed E-state index contributed by atoms with van der Waals surface area (Å²) in [5.74, 6) is 0.665. The molecule has 98 valence electrons. The van der Waals surface area contributed by atoms with Gasteiger partial charge in [0, 0.05) is 18.9 Å². The van der Waals surface area contributed by atoms with Gasteiger partial charge in [0.05, 0.1) is 5.75 Å². The van der Waals surface area contributed by atoms with E-state index in [0.29, 0.717) is 11.0 Å². The molecule has 1 heterocycles. The van der Waals surface area contributed by atoms with Crippen LogP contribution in [0.25, 0.3) is 0 Å².